The van der Waals surface area contributed by atoms with Gasteiger partial charge in [0.25, 0.3) is 0 Å². The van der Waals surface area contributed by atoms with Crippen molar-refractivity contribution in [3.63, 3.8) is 0 Å². The van der Waals surface area contributed by atoms with Crippen molar-refractivity contribution in [1.29, 1.82) is 0 Å². The van der Waals surface area contributed by atoms with Crippen LogP contribution in [0, 0.1) is 6.92 Å². The van der Waals surface area contributed by atoms with Gasteiger partial charge in [0.1, 0.15) is 11.6 Å². The zero-order chi connectivity index (χ0) is 28.2. The maximum Gasteiger partial charge on any atom is 0.230 e. The van der Waals surface area contributed by atoms with Gasteiger partial charge in [-0.15, -0.1) is 0 Å². The van der Waals surface area contributed by atoms with Crippen LogP contribution in [-0.4, -0.2) is 56.7 Å². The number of rotatable bonds is 7. The SMILES string of the molecule is CCC(C(=O)N1CCCN(c2nc(Cc3ccc(C)cc3)nc3c2cnn3-c2ccccc2)CC1)c1ccccc1. The molecule has 1 aliphatic rings. The second kappa shape index (κ2) is 11.9. The fourth-order valence-electron chi connectivity index (χ4n) is 5.71. The van der Waals surface area contributed by atoms with Crippen LogP contribution in [0.25, 0.3) is 16.7 Å². The third-order valence-corrected chi connectivity index (χ3v) is 7.95. The molecule has 41 heavy (non-hydrogen) atoms. The number of hydrogen-bond acceptors (Lipinski definition) is 5. The molecule has 6 rings (SSSR count). The Hall–Kier alpha value is -4.52. The summed E-state index contributed by atoms with van der Waals surface area (Å²) in [6, 6.07) is 28.8. The summed E-state index contributed by atoms with van der Waals surface area (Å²) in [6.45, 7) is 7.12. The van der Waals surface area contributed by atoms with Crippen molar-refractivity contribution in [2.24, 2.45) is 0 Å². The van der Waals surface area contributed by atoms with E-state index in [1.165, 1.54) is 11.1 Å². The van der Waals surface area contributed by atoms with Crippen LogP contribution in [0.3, 0.4) is 0 Å². The normalized spacial score (nSPS) is 14.7. The highest BCUT2D eigenvalue weighted by molar-refractivity contribution is 5.88. The van der Waals surface area contributed by atoms with Gasteiger partial charge < -0.3 is 9.80 Å². The summed E-state index contributed by atoms with van der Waals surface area (Å²) in [5.41, 5.74) is 5.26. The van der Waals surface area contributed by atoms with Gasteiger partial charge >= 0.3 is 0 Å². The summed E-state index contributed by atoms with van der Waals surface area (Å²) in [5.74, 6) is 1.76. The molecule has 0 aliphatic carbocycles. The lowest BCUT2D eigenvalue weighted by molar-refractivity contribution is -0.132. The number of hydrogen-bond donors (Lipinski definition) is 0. The summed E-state index contributed by atoms with van der Waals surface area (Å²) in [6.07, 6.45) is 4.18. The Bertz CT molecular complexity index is 1610. The van der Waals surface area contributed by atoms with E-state index in [2.05, 4.69) is 55.1 Å². The average molecular weight is 545 g/mol. The van der Waals surface area contributed by atoms with Gasteiger partial charge in [0, 0.05) is 32.6 Å². The van der Waals surface area contributed by atoms with Crippen LogP contribution >= 0.6 is 0 Å². The first kappa shape index (κ1) is 26.7. The highest BCUT2D eigenvalue weighted by Gasteiger charge is 2.28. The number of carbonyl (C=O) groups is 1. The summed E-state index contributed by atoms with van der Waals surface area (Å²) < 4.78 is 1.90. The molecule has 0 spiro atoms. The molecule has 3 aromatic carbocycles. The molecule has 0 bridgehead atoms. The van der Waals surface area contributed by atoms with E-state index in [1.807, 2.05) is 64.3 Å². The number of amides is 1. The molecule has 1 aliphatic heterocycles. The van der Waals surface area contributed by atoms with E-state index < -0.39 is 0 Å². The van der Waals surface area contributed by atoms with Crippen molar-refractivity contribution in [2.45, 2.75) is 39.0 Å². The van der Waals surface area contributed by atoms with Crippen molar-refractivity contribution in [1.82, 2.24) is 24.6 Å². The standard InChI is InChI=1S/C34H36N6O/c1-3-29(27-11-6-4-7-12-27)34(41)39-20-10-19-38(21-22-39)32-30-24-35-40(28-13-8-5-9-14-28)33(30)37-31(36-32)23-26-17-15-25(2)16-18-26/h4-9,11-18,24,29H,3,10,19-23H2,1-2H3. The van der Waals surface area contributed by atoms with E-state index in [0.29, 0.717) is 19.5 Å². The maximum atomic E-state index is 13.6. The summed E-state index contributed by atoms with van der Waals surface area (Å²) in [7, 11) is 0. The summed E-state index contributed by atoms with van der Waals surface area (Å²) >= 11 is 0. The minimum absolute atomic E-state index is 0.112. The highest BCUT2D eigenvalue weighted by Crippen LogP contribution is 2.29. The van der Waals surface area contributed by atoms with Crippen LogP contribution in [0.4, 0.5) is 5.82 Å². The second-order valence-electron chi connectivity index (χ2n) is 10.8. The number of anilines is 1. The van der Waals surface area contributed by atoms with Crippen LogP contribution < -0.4 is 4.90 Å². The molecule has 0 N–H and O–H groups in total. The van der Waals surface area contributed by atoms with E-state index in [-0.39, 0.29) is 11.8 Å². The van der Waals surface area contributed by atoms with Gasteiger partial charge in [0.2, 0.25) is 5.91 Å². The molecular weight excluding hydrogens is 508 g/mol. The Morgan fingerprint density at radius 3 is 2.32 bits per heavy atom. The monoisotopic (exact) mass is 544 g/mol. The molecule has 7 heteroatoms. The molecule has 1 fully saturated rings. The minimum Gasteiger partial charge on any atom is -0.354 e. The summed E-state index contributed by atoms with van der Waals surface area (Å²) in [5, 5.41) is 5.67. The molecule has 1 atom stereocenters. The molecule has 208 valence electrons. The lowest BCUT2D eigenvalue weighted by Crippen LogP contribution is -2.38. The van der Waals surface area contributed by atoms with Crippen LogP contribution in [0.5, 0.6) is 0 Å². The fraction of sp³-hybridized carbons (Fsp3) is 0.294. The average Bonchev–Trinajstić information content (AvgIpc) is 3.28. The Balaban J connectivity index is 1.32. The van der Waals surface area contributed by atoms with E-state index in [4.69, 9.17) is 15.1 Å². The highest BCUT2D eigenvalue weighted by atomic mass is 16.2. The zero-order valence-electron chi connectivity index (χ0n) is 23.8. The van der Waals surface area contributed by atoms with E-state index in [0.717, 1.165) is 59.9 Å². The minimum atomic E-state index is -0.112. The Kier molecular flexibility index (Phi) is 7.76. The molecule has 1 amide bonds. The molecule has 3 heterocycles. The van der Waals surface area contributed by atoms with Crippen LogP contribution in [0.1, 0.15) is 48.2 Å². The number of benzene rings is 3. The van der Waals surface area contributed by atoms with E-state index >= 15 is 0 Å². The Morgan fingerprint density at radius 1 is 0.854 bits per heavy atom. The van der Waals surface area contributed by atoms with Crippen LogP contribution in [-0.2, 0) is 11.2 Å². The molecule has 0 saturated carbocycles. The predicted octanol–water partition coefficient (Wildman–Crippen LogP) is 5.95. The van der Waals surface area contributed by atoms with Gasteiger partial charge in [0.15, 0.2) is 5.65 Å². The quantitative estimate of drug-likeness (QED) is 0.253. The lowest BCUT2D eigenvalue weighted by atomic mass is 9.95. The molecule has 1 saturated heterocycles. The first-order chi connectivity index (χ1) is 20.1. The van der Waals surface area contributed by atoms with Crippen molar-refractivity contribution in [3.8, 4) is 5.69 Å². The number of fused-ring (bicyclic) bond motifs is 1. The van der Waals surface area contributed by atoms with Gasteiger partial charge in [0.05, 0.1) is 23.2 Å². The Labute approximate surface area is 241 Å². The number of aryl methyl sites for hydroxylation is 1. The van der Waals surface area contributed by atoms with E-state index in [9.17, 15) is 4.79 Å². The van der Waals surface area contributed by atoms with Crippen LogP contribution in [0.2, 0.25) is 0 Å². The van der Waals surface area contributed by atoms with Crippen molar-refractivity contribution < 1.29 is 4.79 Å². The van der Waals surface area contributed by atoms with Gasteiger partial charge in [-0.2, -0.15) is 5.10 Å². The molecule has 2 aromatic heterocycles. The van der Waals surface area contributed by atoms with Crippen molar-refractivity contribution in [2.75, 3.05) is 31.1 Å². The van der Waals surface area contributed by atoms with Gasteiger partial charge in [-0.05, 0) is 43.0 Å². The topological polar surface area (TPSA) is 67.2 Å². The number of carbonyl (C=O) groups excluding carboxylic acids is 1. The molecule has 7 nitrogen and oxygen atoms in total. The van der Waals surface area contributed by atoms with Crippen molar-refractivity contribution in [3.05, 3.63) is 114 Å². The molecule has 5 aromatic rings. The number of para-hydroxylation sites is 1. The zero-order valence-corrected chi connectivity index (χ0v) is 23.8. The lowest BCUT2D eigenvalue weighted by Gasteiger charge is -2.26. The van der Waals surface area contributed by atoms with Gasteiger partial charge in [-0.3, -0.25) is 4.79 Å². The fourth-order valence-corrected chi connectivity index (χ4v) is 5.71. The first-order valence-electron chi connectivity index (χ1n) is 14.5. The maximum absolute atomic E-state index is 13.6. The molecule has 0 radical (unpaired) electrons. The van der Waals surface area contributed by atoms with Crippen LogP contribution in [0.15, 0.2) is 91.1 Å². The first-order valence-corrected chi connectivity index (χ1v) is 14.5. The molecule has 1 unspecified atom stereocenters. The van der Waals surface area contributed by atoms with Gasteiger partial charge in [-0.25, -0.2) is 14.6 Å². The largest absolute Gasteiger partial charge is 0.354 e. The van der Waals surface area contributed by atoms with Crippen molar-refractivity contribution >= 4 is 22.8 Å². The third-order valence-electron chi connectivity index (χ3n) is 7.95. The number of nitrogens with zero attached hydrogens (tertiary/aromatic N) is 6. The van der Waals surface area contributed by atoms with E-state index in [1.54, 1.807) is 0 Å². The third kappa shape index (κ3) is 5.71. The Morgan fingerprint density at radius 2 is 1.59 bits per heavy atom. The summed E-state index contributed by atoms with van der Waals surface area (Å²) in [4.78, 5) is 28.1. The number of aromatic nitrogens is 4. The second-order valence-corrected chi connectivity index (χ2v) is 10.8. The smallest absolute Gasteiger partial charge is 0.230 e. The predicted molar refractivity (Wildman–Crippen MR) is 164 cm³/mol. The van der Waals surface area contributed by atoms with Gasteiger partial charge in [-0.1, -0.05) is 85.3 Å². The molecular formula is C34H36N6O.